The molecule has 23 heavy (non-hydrogen) atoms. The van der Waals surface area contributed by atoms with Crippen LogP contribution >= 0.6 is 22.9 Å². The van der Waals surface area contributed by atoms with Gasteiger partial charge in [0, 0.05) is 5.56 Å². The zero-order valence-electron chi connectivity index (χ0n) is 12.8. The second-order valence-electron chi connectivity index (χ2n) is 4.43. The van der Waals surface area contributed by atoms with Crippen molar-refractivity contribution in [1.29, 1.82) is 0 Å². The monoisotopic (exact) mass is 354 g/mol. The maximum absolute atomic E-state index is 12.3. The summed E-state index contributed by atoms with van der Waals surface area (Å²) in [6.07, 6.45) is 0. The van der Waals surface area contributed by atoms with Crippen LogP contribution in [0.3, 0.4) is 0 Å². The van der Waals surface area contributed by atoms with Gasteiger partial charge in [-0.3, -0.25) is 4.79 Å². The summed E-state index contributed by atoms with van der Waals surface area (Å²) in [6, 6.07) is 4.67. The lowest BCUT2D eigenvalue weighted by molar-refractivity contribution is 0.0521. The van der Waals surface area contributed by atoms with E-state index in [2.05, 4.69) is 10.3 Å². The Morgan fingerprint density at radius 1 is 1.39 bits per heavy atom. The number of aryl methyl sites for hydroxylation is 1. The molecule has 1 aromatic carbocycles. The normalized spacial score (nSPS) is 10.3. The predicted octanol–water partition coefficient (Wildman–Crippen LogP) is 3.54. The highest BCUT2D eigenvalue weighted by molar-refractivity contribution is 7.16. The standard InChI is InChI=1S/C15H15ClN2O4S/c1-4-22-15(20)12-14(23-8(2)17-12)18-13(19)9-5-6-11(21-3)10(16)7-9/h5-7H,4H2,1-3H3,(H,18,19). The zero-order chi connectivity index (χ0) is 17.0. The molecule has 1 heterocycles. The molecule has 0 fully saturated rings. The van der Waals surface area contributed by atoms with Gasteiger partial charge >= 0.3 is 5.97 Å². The van der Waals surface area contributed by atoms with Crippen molar-refractivity contribution in [1.82, 2.24) is 4.98 Å². The summed E-state index contributed by atoms with van der Waals surface area (Å²) >= 11 is 7.22. The van der Waals surface area contributed by atoms with Crippen molar-refractivity contribution in [2.75, 3.05) is 19.0 Å². The van der Waals surface area contributed by atoms with Crippen LogP contribution in [0.1, 0.15) is 32.8 Å². The zero-order valence-corrected chi connectivity index (χ0v) is 14.4. The van der Waals surface area contributed by atoms with Crippen LogP contribution in [-0.4, -0.2) is 30.6 Å². The number of thiazole rings is 1. The van der Waals surface area contributed by atoms with Crippen molar-refractivity contribution < 1.29 is 19.1 Å². The number of nitrogens with zero attached hydrogens (tertiary/aromatic N) is 1. The number of carbonyl (C=O) groups excluding carboxylic acids is 2. The Morgan fingerprint density at radius 2 is 2.13 bits per heavy atom. The second-order valence-corrected chi connectivity index (χ2v) is 6.04. The van der Waals surface area contributed by atoms with Crippen molar-refractivity contribution in [3.05, 3.63) is 39.5 Å². The van der Waals surface area contributed by atoms with Gasteiger partial charge in [0.1, 0.15) is 10.8 Å². The Labute approximate surface area is 142 Å². The van der Waals surface area contributed by atoms with E-state index >= 15 is 0 Å². The van der Waals surface area contributed by atoms with Gasteiger partial charge in [0.05, 0.1) is 23.7 Å². The summed E-state index contributed by atoms with van der Waals surface area (Å²) in [6.45, 7) is 3.68. The number of rotatable bonds is 5. The first-order valence-corrected chi connectivity index (χ1v) is 7.95. The van der Waals surface area contributed by atoms with Gasteiger partial charge in [0.15, 0.2) is 5.69 Å². The Kier molecular flexibility index (Phi) is 5.57. The lowest BCUT2D eigenvalue weighted by atomic mass is 10.2. The topological polar surface area (TPSA) is 77.5 Å². The molecule has 0 saturated carbocycles. The number of methoxy groups -OCH3 is 1. The Bertz CT molecular complexity index is 745. The molecule has 0 atom stereocenters. The summed E-state index contributed by atoms with van der Waals surface area (Å²) in [5.41, 5.74) is 0.443. The Hall–Kier alpha value is -2.12. The molecular formula is C15H15ClN2O4S. The average molecular weight is 355 g/mol. The van der Waals surface area contributed by atoms with E-state index in [1.165, 1.54) is 24.5 Å². The predicted molar refractivity (Wildman–Crippen MR) is 88.8 cm³/mol. The minimum atomic E-state index is -0.570. The molecule has 6 nitrogen and oxygen atoms in total. The van der Waals surface area contributed by atoms with E-state index in [0.29, 0.717) is 26.3 Å². The largest absolute Gasteiger partial charge is 0.495 e. The number of halogens is 1. The number of amides is 1. The summed E-state index contributed by atoms with van der Waals surface area (Å²) < 4.78 is 9.98. The molecule has 2 rings (SSSR count). The van der Waals surface area contributed by atoms with Crippen molar-refractivity contribution in [2.45, 2.75) is 13.8 Å². The van der Waals surface area contributed by atoms with Gasteiger partial charge in [-0.05, 0) is 32.0 Å². The van der Waals surface area contributed by atoms with Gasteiger partial charge < -0.3 is 14.8 Å². The first-order valence-electron chi connectivity index (χ1n) is 6.75. The number of hydrogen-bond acceptors (Lipinski definition) is 6. The molecule has 0 aliphatic carbocycles. The Balaban J connectivity index is 2.23. The molecule has 1 amide bonds. The first kappa shape index (κ1) is 17.2. The maximum atomic E-state index is 12.3. The number of esters is 1. The molecule has 0 saturated heterocycles. The van der Waals surface area contributed by atoms with E-state index in [0.717, 1.165) is 0 Å². The molecule has 1 N–H and O–H groups in total. The maximum Gasteiger partial charge on any atom is 0.360 e. The summed E-state index contributed by atoms with van der Waals surface area (Å²) in [5.74, 6) is -0.493. The van der Waals surface area contributed by atoms with Crippen molar-refractivity contribution >= 4 is 39.8 Å². The van der Waals surface area contributed by atoms with Crippen molar-refractivity contribution in [3.63, 3.8) is 0 Å². The molecule has 122 valence electrons. The van der Waals surface area contributed by atoms with Gasteiger partial charge in [-0.1, -0.05) is 11.6 Å². The van der Waals surface area contributed by atoms with E-state index in [4.69, 9.17) is 21.1 Å². The third kappa shape index (κ3) is 4.00. The molecule has 0 aliphatic heterocycles. The lowest BCUT2D eigenvalue weighted by Gasteiger charge is -2.07. The van der Waals surface area contributed by atoms with Crippen LogP contribution in [0.2, 0.25) is 5.02 Å². The van der Waals surface area contributed by atoms with Crippen LogP contribution in [0.25, 0.3) is 0 Å². The fourth-order valence-electron chi connectivity index (χ4n) is 1.83. The van der Waals surface area contributed by atoms with Crippen LogP contribution < -0.4 is 10.1 Å². The van der Waals surface area contributed by atoms with Crippen LogP contribution in [0, 0.1) is 6.92 Å². The Morgan fingerprint density at radius 3 is 2.74 bits per heavy atom. The number of carbonyl (C=O) groups is 2. The third-order valence-corrected chi connectivity index (χ3v) is 4.03. The van der Waals surface area contributed by atoms with Gasteiger partial charge in [0.2, 0.25) is 0 Å². The fourth-order valence-corrected chi connectivity index (χ4v) is 2.89. The summed E-state index contributed by atoms with van der Waals surface area (Å²) in [4.78, 5) is 28.3. The van der Waals surface area contributed by atoms with E-state index in [1.807, 2.05) is 0 Å². The highest BCUT2D eigenvalue weighted by atomic mass is 35.5. The van der Waals surface area contributed by atoms with Gasteiger partial charge in [-0.25, -0.2) is 9.78 Å². The molecule has 0 aliphatic rings. The molecule has 0 spiro atoms. The minimum absolute atomic E-state index is 0.0994. The van der Waals surface area contributed by atoms with Crippen LogP contribution in [0.5, 0.6) is 5.75 Å². The number of aromatic nitrogens is 1. The van der Waals surface area contributed by atoms with Crippen LogP contribution in [0.15, 0.2) is 18.2 Å². The number of benzene rings is 1. The lowest BCUT2D eigenvalue weighted by Crippen LogP contribution is -2.15. The van der Waals surface area contributed by atoms with Gasteiger partial charge in [0.25, 0.3) is 5.91 Å². The summed E-state index contributed by atoms with van der Waals surface area (Å²) in [7, 11) is 1.49. The van der Waals surface area contributed by atoms with E-state index in [9.17, 15) is 9.59 Å². The SMILES string of the molecule is CCOC(=O)c1nc(C)sc1NC(=O)c1ccc(OC)c(Cl)c1. The van der Waals surface area contributed by atoms with Gasteiger partial charge in [-0.2, -0.15) is 0 Å². The minimum Gasteiger partial charge on any atom is -0.495 e. The molecule has 8 heteroatoms. The number of ether oxygens (including phenoxy) is 2. The van der Waals surface area contributed by atoms with Gasteiger partial charge in [-0.15, -0.1) is 11.3 Å². The number of nitrogens with one attached hydrogen (secondary N) is 1. The molecule has 1 aromatic heterocycles. The molecular weight excluding hydrogens is 340 g/mol. The third-order valence-electron chi connectivity index (χ3n) is 2.84. The van der Waals surface area contributed by atoms with Crippen molar-refractivity contribution in [2.24, 2.45) is 0 Å². The molecule has 0 radical (unpaired) electrons. The quantitative estimate of drug-likeness (QED) is 0.831. The highest BCUT2D eigenvalue weighted by Gasteiger charge is 2.20. The highest BCUT2D eigenvalue weighted by Crippen LogP contribution is 2.28. The van der Waals surface area contributed by atoms with Crippen LogP contribution in [-0.2, 0) is 4.74 Å². The average Bonchev–Trinajstić information content (AvgIpc) is 2.88. The second kappa shape index (κ2) is 7.43. The van der Waals surface area contributed by atoms with E-state index in [1.54, 1.807) is 26.0 Å². The fraction of sp³-hybridized carbons (Fsp3) is 0.267. The number of hydrogen-bond donors (Lipinski definition) is 1. The molecule has 2 aromatic rings. The summed E-state index contributed by atoms with van der Waals surface area (Å²) in [5, 5.41) is 3.99. The number of anilines is 1. The molecule has 0 bridgehead atoms. The van der Waals surface area contributed by atoms with E-state index in [-0.39, 0.29) is 12.3 Å². The van der Waals surface area contributed by atoms with Crippen molar-refractivity contribution in [3.8, 4) is 5.75 Å². The van der Waals surface area contributed by atoms with Crippen LogP contribution in [0.4, 0.5) is 5.00 Å². The molecule has 0 unspecified atom stereocenters. The first-order chi connectivity index (χ1) is 11.0. The smallest absolute Gasteiger partial charge is 0.360 e. The van der Waals surface area contributed by atoms with E-state index < -0.39 is 11.9 Å².